The van der Waals surface area contributed by atoms with Crippen LogP contribution in [0.1, 0.15) is 26.7 Å². The van der Waals surface area contributed by atoms with Gasteiger partial charge in [0.15, 0.2) is 16.6 Å². The average Bonchev–Trinajstić information content (AvgIpc) is 3.65. The summed E-state index contributed by atoms with van der Waals surface area (Å²) in [6, 6.07) is 37.8. The zero-order chi connectivity index (χ0) is 37.2. The first kappa shape index (κ1) is 36.9. The molecule has 266 valence electrons. The molecule has 9 nitrogen and oxygen atoms in total. The fourth-order valence-electron chi connectivity index (χ4n) is 5.23. The van der Waals surface area contributed by atoms with Crippen LogP contribution in [0.4, 0.5) is 10.8 Å². The van der Waals surface area contributed by atoms with Crippen LogP contribution >= 0.6 is 34.7 Å². The molecule has 0 saturated heterocycles. The number of hydrogen-bond acceptors (Lipinski definition) is 8. The number of methoxy groups -OCH3 is 2. The van der Waals surface area contributed by atoms with Crippen LogP contribution in [0.2, 0.25) is 5.02 Å². The third-order valence-electron chi connectivity index (χ3n) is 7.82. The number of halogens is 1. The predicted octanol–water partition coefficient (Wildman–Crippen LogP) is 9.36. The van der Waals surface area contributed by atoms with Gasteiger partial charge in [0, 0.05) is 32.1 Å². The fourth-order valence-corrected chi connectivity index (χ4v) is 7.26. The van der Waals surface area contributed by atoms with Gasteiger partial charge in [0.25, 0.3) is 11.8 Å². The molecule has 0 saturated carbocycles. The van der Waals surface area contributed by atoms with E-state index >= 15 is 0 Å². The highest BCUT2D eigenvalue weighted by atomic mass is 35.5. The number of rotatable bonds is 13. The van der Waals surface area contributed by atoms with E-state index in [1.165, 1.54) is 37.3 Å². The van der Waals surface area contributed by atoms with Crippen LogP contribution in [-0.4, -0.2) is 36.9 Å². The molecule has 0 aliphatic rings. The van der Waals surface area contributed by atoms with Crippen molar-refractivity contribution in [3.05, 3.63) is 160 Å². The molecule has 12 heteroatoms. The number of benzene rings is 5. The molecule has 1 atom stereocenters. The van der Waals surface area contributed by atoms with Crippen LogP contribution < -0.4 is 25.4 Å². The molecule has 0 aliphatic heterocycles. The molecule has 0 radical (unpaired) electrons. The second-order valence-corrected chi connectivity index (χ2v) is 13.8. The molecule has 1 heterocycles. The molecule has 1 aromatic heterocycles. The largest absolute Gasteiger partial charge is 0.493 e. The van der Waals surface area contributed by atoms with E-state index in [9.17, 15) is 14.4 Å². The highest BCUT2D eigenvalue weighted by Gasteiger charge is 2.24. The minimum absolute atomic E-state index is 0.00489. The molecule has 5 aromatic carbocycles. The molecule has 6 aromatic rings. The highest BCUT2D eigenvalue weighted by Crippen LogP contribution is 2.38. The van der Waals surface area contributed by atoms with Crippen molar-refractivity contribution in [1.82, 2.24) is 10.3 Å². The molecule has 0 fully saturated rings. The van der Waals surface area contributed by atoms with Crippen molar-refractivity contribution < 1.29 is 23.9 Å². The number of nitrogens with zero attached hydrogens (tertiary/aromatic N) is 1. The topological polar surface area (TPSA) is 119 Å². The lowest BCUT2D eigenvalue weighted by Gasteiger charge is -2.17. The van der Waals surface area contributed by atoms with Crippen molar-refractivity contribution in [2.75, 3.05) is 24.9 Å². The van der Waals surface area contributed by atoms with Crippen LogP contribution in [0.25, 0.3) is 17.3 Å². The van der Waals surface area contributed by atoms with Crippen molar-refractivity contribution in [1.29, 1.82) is 0 Å². The Kier molecular flexibility index (Phi) is 12.2. The molecular weight excluding hydrogens is 728 g/mol. The normalized spacial score (nSPS) is 11.6. The molecule has 1 unspecified atom stereocenters. The van der Waals surface area contributed by atoms with Gasteiger partial charge < -0.3 is 25.4 Å². The molecule has 0 bridgehead atoms. The molecule has 0 spiro atoms. The van der Waals surface area contributed by atoms with Gasteiger partial charge in [-0.25, -0.2) is 4.98 Å². The Labute approximate surface area is 320 Å². The van der Waals surface area contributed by atoms with Crippen LogP contribution in [0, 0.1) is 0 Å². The number of hydrogen-bond donors (Lipinski definition) is 3. The first-order valence-corrected chi connectivity index (χ1v) is 18.4. The number of anilines is 2. The quantitative estimate of drug-likeness (QED) is 0.0793. The first-order valence-electron chi connectivity index (χ1n) is 16.3. The van der Waals surface area contributed by atoms with E-state index < -0.39 is 17.1 Å². The number of thiazole rings is 1. The van der Waals surface area contributed by atoms with Crippen LogP contribution in [0.5, 0.6) is 11.5 Å². The number of ether oxygens (including phenoxy) is 2. The van der Waals surface area contributed by atoms with Gasteiger partial charge >= 0.3 is 0 Å². The van der Waals surface area contributed by atoms with E-state index in [1.54, 1.807) is 78.9 Å². The third kappa shape index (κ3) is 9.52. The molecule has 6 rings (SSSR count). The van der Waals surface area contributed by atoms with Gasteiger partial charge in [-0.15, -0.1) is 23.1 Å². The lowest BCUT2D eigenvalue weighted by Crippen LogP contribution is -2.30. The second-order valence-electron chi connectivity index (χ2n) is 11.4. The summed E-state index contributed by atoms with van der Waals surface area (Å²) in [5.74, 6) is -0.281. The van der Waals surface area contributed by atoms with Gasteiger partial charge in [-0.1, -0.05) is 90.5 Å². The fraction of sp³-hybridized carbons (Fsp3) is 0.0732. The lowest BCUT2D eigenvalue weighted by molar-refractivity contribution is -0.116. The number of carbonyl (C=O) groups excluding carboxylic acids is 3. The Morgan fingerprint density at radius 3 is 2.25 bits per heavy atom. The van der Waals surface area contributed by atoms with E-state index in [1.807, 2.05) is 60.0 Å². The number of thioether (sulfide) groups is 1. The predicted molar refractivity (Wildman–Crippen MR) is 213 cm³/mol. The van der Waals surface area contributed by atoms with Gasteiger partial charge in [-0.05, 0) is 65.7 Å². The summed E-state index contributed by atoms with van der Waals surface area (Å²) in [6.07, 6.45) is 1.56. The molecular formula is C41H33ClN4O5S2. The highest BCUT2D eigenvalue weighted by molar-refractivity contribution is 8.00. The lowest BCUT2D eigenvalue weighted by atomic mass is 10.1. The zero-order valence-electron chi connectivity index (χ0n) is 28.5. The van der Waals surface area contributed by atoms with Gasteiger partial charge in [0.05, 0.1) is 19.9 Å². The minimum Gasteiger partial charge on any atom is -0.493 e. The van der Waals surface area contributed by atoms with Gasteiger partial charge in [-0.2, -0.15) is 0 Å². The Bertz CT molecular complexity index is 2260. The Hall–Kier alpha value is -5.88. The number of nitrogens with one attached hydrogen (secondary N) is 3. The summed E-state index contributed by atoms with van der Waals surface area (Å²) in [4.78, 5) is 46.2. The third-order valence-corrected chi connectivity index (χ3v) is 10.2. The number of amides is 3. The van der Waals surface area contributed by atoms with Gasteiger partial charge in [-0.3, -0.25) is 14.4 Å². The van der Waals surface area contributed by atoms with Crippen LogP contribution in [0.15, 0.2) is 143 Å². The van der Waals surface area contributed by atoms with E-state index in [0.717, 1.165) is 16.0 Å². The molecule has 3 amide bonds. The van der Waals surface area contributed by atoms with Crippen molar-refractivity contribution in [2.45, 2.75) is 10.1 Å². The first-order chi connectivity index (χ1) is 25.8. The zero-order valence-corrected chi connectivity index (χ0v) is 30.9. The Morgan fingerprint density at radius 2 is 1.51 bits per heavy atom. The molecule has 3 N–H and O–H groups in total. The Morgan fingerprint density at radius 1 is 0.792 bits per heavy atom. The van der Waals surface area contributed by atoms with Crippen LogP contribution in [-0.2, 0) is 9.59 Å². The van der Waals surface area contributed by atoms with E-state index in [0.29, 0.717) is 44.2 Å². The smallest absolute Gasteiger partial charge is 0.272 e. The SMILES string of the molecule is COc1ccc(/C=C(/NC(=O)c2ccccc2)C(=O)Nc2cccc(SC(C(=O)Nc3nc(-c4ccccc4Cl)cs3)c3ccccc3)c2)cc1OC. The summed E-state index contributed by atoms with van der Waals surface area (Å²) in [7, 11) is 3.05. The average molecular weight is 761 g/mol. The standard InChI is InChI=1S/C41H33ClN4O5S2/c1-50-35-21-20-26(23-36(35)51-2)22-33(44-38(47)28-14-7-4-8-15-28)39(48)43-29-16-11-17-30(24-29)53-37(27-12-5-3-6-13-27)40(49)46-41-45-34(25-52-41)31-18-9-10-19-32(31)42/h3-25,37H,1-2H3,(H,43,48)(H,44,47)(H,45,46,49)/b33-22+. The second kappa shape index (κ2) is 17.6. The molecule has 53 heavy (non-hydrogen) atoms. The summed E-state index contributed by atoms with van der Waals surface area (Å²) in [6.45, 7) is 0. The van der Waals surface area contributed by atoms with E-state index in [4.69, 9.17) is 21.1 Å². The van der Waals surface area contributed by atoms with Crippen molar-refractivity contribution in [2.24, 2.45) is 0 Å². The number of aromatic nitrogens is 1. The van der Waals surface area contributed by atoms with Crippen molar-refractivity contribution in [3.8, 4) is 22.8 Å². The maximum Gasteiger partial charge on any atom is 0.272 e. The summed E-state index contributed by atoms with van der Waals surface area (Å²) in [5, 5.41) is 10.8. The minimum atomic E-state index is -0.652. The number of carbonyl (C=O) groups is 3. The molecule has 0 aliphatic carbocycles. The van der Waals surface area contributed by atoms with Gasteiger partial charge in [0.2, 0.25) is 5.91 Å². The summed E-state index contributed by atoms with van der Waals surface area (Å²) >= 11 is 9.02. The van der Waals surface area contributed by atoms with Crippen LogP contribution in [0.3, 0.4) is 0 Å². The van der Waals surface area contributed by atoms with Gasteiger partial charge in [0.1, 0.15) is 10.9 Å². The summed E-state index contributed by atoms with van der Waals surface area (Å²) in [5.41, 5.74) is 3.69. The maximum absolute atomic E-state index is 13.8. The maximum atomic E-state index is 13.8. The summed E-state index contributed by atoms with van der Waals surface area (Å²) < 4.78 is 10.8. The monoisotopic (exact) mass is 760 g/mol. The van der Waals surface area contributed by atoms with E-state index in [2.05, 4.69) is 20.9 Å². The van der Waals surface area contributed by atoms with Crippen molar-refractivity contribution in [3.63, 3.8) is 0 Å². The Balaban J connectivity index is 1.23. The van der Waals surface area contributed by atoms with Crippen molar-refractivity contribution >= 4 is 69.3 Å². The van der Waals surface area contributed by atoms with E-state index in [-0.39, 0.29) is 11.6 Å².